The number of hydrogen-bond donors (Lipinski definition) is 2. The number of Topliss-reactive ketones (excluding diaryl/α,β-unsaturated/α-hetero) is 1. The lowest BCUT2D eigenvalue weighted by Crippen LogP contribution is -2.53. The van der Waals surface area contributed by atoms with Crippen molar-refractivity contribution in [3.8, 4) is 0 Å². The molecule has 1 aliphatic heterocycles. The van der Waals surface area contributed by atoms with Gasteiger partial charge in [0.1, 0.15) is 0 Å². The molecule has 3 aromatic rings. The van der Waals surface area contributed by atoms with Gasteiger partial charge < -0.3 is 15.2 Å². The Kier molecular flexibility index (Phi) is 9.48. The van der Waals surface area contributed by atoms with Gasteiger partial charge in [-0.05, 0) is 81.0 Å². The molecule has 44 heavy (non-hydrogen) atoms. The number of sulfonamides is 1. The van der Waals surface area contributed by atoms with Gasteiger partial charge in [0.15, 0.2) is 11.9 Å². The molecule has 0 unspecified atom stereocenters. The Balaban J connectivity index is 1.33. The highest BCUT2D eigenvalue weighted by Crippen LogP contribution is 2.32. The van der Waals surface area contributed by atoms with Crippen LogP contribution in [0.5, 0.6) is 0 Å². The number of amides is 2. The van der Waals surface area contributed by atoms with Crippen molar-refractivity contribution in [2.75, 3.05) is 24.5 Å². The highest BCUT2D eigenvalue weighted by molar-refractivity contribution is 7.89. The van der Waals surface area contributed by atoms with Crippen LogP contribution >= 0.6 is 0 Å². The third-order valence-corrected chi connectivity index (χ3v) is 9.83. The summed E-state index contributed by atoms with van der Waals surface area (Å²) in [6, 6.07) is 21.4. The average Bonchev–Trinajstić information content (AvgIpc) is 3.75. The third kappa shape index (κ3) is 7.53. The Labute approximate surface area is 257 Å². The number of nitrogens with one attached hydrogen (secondary N) is 1. The zero-order chi connectivity index (χ0) is 31.4. The van der Waals surface area contributed by atoms with Gasteiger partial charge in [-0.15, -0.1) is 0 Å². The molecule has 0 aromatic heterocycles. The molecule has 0 spiro atoms. The maximum absolute atomic E-state index is 13.7. The number of cyclic esters (lactones) is 1. The molecular formula is C33H37N3O7S. The lowest BCUT2D eigenvalue weighted by Gasteiger charge is -2.30. The van der Waals surface area contributed by atoms with Crippen molar-refractivity contribution in [3.63, 3.8) is 0 Å². The predicted molar refractivity (Wildman–Crippen MR) is 165 cm³/mol. The first-order chi connectivity index (χ1) is 21.0. The Morgan fingerprint density at radius 2 is 1.68 bits per heavy atom. The zero-order valence-electron chi connectivity index (χ0n) is 24.8. The van der Waals surface area contributed by atoms with Crippen molar-refractivity contribution in [1.29, 1.82) is 0 Å². The highest BCUT2D eigenvalue weighted by Gasteiger charge is 2.40. The number of ether oxygens (including phenoxy) is 1. The molecule has 1 heterocycles. The molecule has 3 atom stereocenters. The largest absolute Gasteiger partial charge is 0.434 e. The van der Waals surface area contributed by atoms with E-state index in [-0.39, 0.29) is 42.7 Å². The van der Waals surface area contributed by atoms with Gasteiger partial charge >= 0.3 is 6.09 Å². The van der Waals surface area contributed by atoms with Gasteiger partial charge in [-0.25, -0.2) is 13.2 Å². The van der Waals surface area contributed by atoms with Crippen molar-refractivity contribution in [2.45, 2.75) is 56.3 Å². The Morgan fingerprint density at radius 3 is 2.30 bits per heavy atom. The molecule has 11 heteroatoms. The third-order valence-electron chi connectivity index (χ3n) is 7.99. The van der Waals surface area contributed by atoms with Crippen LogP contribution in [0.25, 0.3) is 0 Å². The summed E-state index contributed by atoms with van der Waals surface area (Å²) < 4.78 is 34.0. The predicted octanol–water partition coefficient (Wildman–Crippen LogP) is 3.71. The van der Waals surface area contributed by atoms with E-state index in [1.165, 1.54) is 16.1 Å². The lowest BCUT2D eigenvalue weighted by molar-refractivity contribution is -0.129. The minimum absolute atomic E-state index is 0.0617. The summed E-state index contributed by atoms with van der Waals surface area (Å²) in [5, 5.41) is 14.3. The van der Waals surface area contributed by atoms with Crippen molar-refractivity contribution in [2.24, 2.45) is 5.92 Å². The first-order valence-electron chi connectivity index (χ1n) is 14.7. The molecule has 1 saturated carbocycles. The van der Waals surface area contributed by atoms with E-state index in [2.05, 4.69) is 5.32 Å². The first-order valence-corrected chi connectivity index (χ1v) is 16.1. The smallest absolute Gasteiger partial charge is 0.415 e. The fourth-order valence-electron chi connectivity index (χ4n) is 5.17. The molecule has 1 saturated heterocycles. The molecule has 2 fully saturated rings. The molecule has 10 nitrogen and oxygen atoms in total. The number of ketones is 1. The summed E-state index contributed by atoms with van der Waals surface area (Å²) in [4.78, 5) is 39.2. The first kappa shape index (κ1) is 31.4. The number of aryl methyl sites for hydroxylation is 1. The topological polar surface area (TPSA) is 133 Å². The van der Waals surface area contributed by atoms with Crippen LogP contribution in [-0.4, -0.2) is 73.5 Å². The number of aliphatic hydroxyl groups is 1. The van der Waals surface area contributed by atoms with Gasteiger partial charge in [-0.2, -0.15) is 4.31 Å². The number of aliphatic hydroxyl groups excluding tert-OH is 1. The molecule has 2 amide bonds. The fraction of sp³-hybridized carbons (Fsp3) is 0.364. The number of benzene rings is 3. The fourth-order valence-corrected chi connectivity index (χ4v) is 6.70. The van der Waals surface area contributed by atoms with Crippen LogP contribution in [0.1, 0.15) is 41.3 Å². The molecule has 2 aliphatic rings. The van der Waals surface area contributed by atoms with E-state index >= 15 is 0 Å². The van der Waals surface area contributed by atoms with E-state index in [9.17, 15) is 27.9 Å². The van der Waals surface area contributed by atoms with E-state index in [0.717, 1.165) is 24.0 Å². The average molecular weight is 620 g/mol. The van der Waals surface area contributed by atoms with Gasteiger partial charge in [0.2, 0.25) is 10.0 Å². The summed E-state index contributed by atoms with van der Waals surface area (Å²) in [7, 11) is -3.91. The van der Waals surface area contributed by atoms with Crippen LogP contribution in [0.4, 0.5) is 10.5 Å². The highest BCUT2D eigenvalue weighted by atomic mass is 32.2. The molecule has 0 radical (unpaired) electrons. The number of rotatable bonds is 13. The minimum atomic E-state index is -3.91. The molecule has 5 rings (SSSR count). The van der Waals surface area contributed by atoms with Crippen molar-refractivity contribution < 1.29 is 32.6 Å². The van der Waals surface area contributed by atoms with Crippen LogP contribution in [0.15, 0.2) is 83.8 Å². The van der Waals surface area contributed by atoms with Crippen molar-refractivity contribution >= 4 is 33.5 Å². The summed E-state index contributed by atoms with van der Waals surface area (Å²) in [6.07, 6.45) is -1.06. The van der Waals surface area contributed by atoms with Gasteiger partial charge in [0, 0.05) is 24.3 Å². The second kappa shape index (κ2) is 13.3. The van der Waals surface area contributed by atoms with Crippen LogP contribution < -0.4 is 10.2 Å². The Bertz CT molecular complexity index is 1590. The van der Waals surface area contributed by atoms with E-state index < -0.39 is 40.3 Å². The quantitative estimate of drug-likeness (QED) is 0.279. The normalized spacial score (nSPS) is 18.1. The monoisotopic (exact) mass is 619 g/mol. The van der Waals surface area contributed by atoms with Gasteiger partial charge in [0.25, 0.3) is 5.91 Å². The SMILES string of the molecule is CC(=O)c1ccc(N2C[C@@H](C(=O)N[C@@H](Cc3ccccc3)[C@H](O)CN(CC3CC3)S(=O)(=O)c3ccc(C)cc3)OC2=O)cc1. The summed E-state index contributed by atoms with van der Waals surface area (Å²) in [5.41, 5.74) is 2.74. The summed E-state index contributed by atoms with van der Waals surface area (Å²) >= 11 is 0. The zero-order valence-corrected chi connectivity index (χ0v) is 25.6. The molecule has 0 bridgehead atoms. The molecular weight excluding hydrogens is 582 g/mol. The molecule has 1 aliphatic carbocycles. The second-order valence-corrected chi connectivity index (χ2v) is 13.5. The molecule has 2 N–H and O–H groups in total. The van der Waals surface area contributed by atoms with Gasteiger partial charge in [-0.3, -0.25) is 14.5 Å². The van der Waals surface area contributed by atoms with Crippen LogP contribution in [0.2, 0.25) is 0 Å². The van der Waals surface area contributed by atoms with E-state index in [1.54, 1.807) is 48.5 Å². The number of hydrogen-bond acceptors (Lipinski definition) is 7. The number of carbonyl (C=O) groups is 3. The van der Waals surface area contributed by atoms with Crippen LogP contribution in [0, 0.1) is 12.8 Å². The Morgan fingerprint density at radius 1 is 1.02 bits per heavy atom. The molecule has 232 valence electrons. The standard InChI is InChI=1S/C33H37N3O7S/c1-22-8-16-28(17-9-22)44(41,42)35(19-25-10-11-25)20-30(38)29(18-24-6-4-3-5-7-24)34-32(39)31-21-36(33(40)43-31)27-14-12-26(13-15-27)23(2)37/h3-9,12-17,25,29-31,38H,10-11,18-21H2,1-2H3,(H,34,39)/t29-,30+,31-/m0/s1. The molecule has 3 aromatic carbocycles. The van der Waals surface area contributed by atoms with Gasteiger partial charge in [-0.1, -0.05) is 48.0 Å². The Hall–Kier alpha value is -4.06. The van der Waals surface area contributed by atoms with E-state index in [4.69, 9.17) is 4.74 Å². The van der Waals surface area contributed by atoms with Crippen LogP contribution in [-0.2, 0) is 26.0 Å². The van der Waals surface area contributed by atoms with Crippen molar-refractivity contribution in [3.05, 3.63) is 95.6 Å². The lowest BCUT2D eigenvalue weighted by atomic mass is 10.0. The summed E-state index contributed by atoms with van der Waals surface area (Å²) in [5.74, 6) is -0.488. The number of carbonyl (C=O) groups excluding carboxylic acids is 3. The van der Waals surface area contributed by atoms with E-state index in [1.807, 2.05) is 37.3 Å². The number of anilines is 1. The maximum atomic E-state index is 13.7. The second-order valence-electron chi connectivity index (χ2n) is 11.5. The number of nitrogens with zero attached hydrogens (tertiary/aromatic N) is 2. The van der Waals surface area contributed by atoms with Gasteiger partial charge in [0.05, 0.1) is 23.6 Å². The summed E-state index contributed by atoms with van der Waals surface area (Å²) in [6.45, 7) is 3.32. The van der Waals surface area contributed by atoms with Crippen LogP contribution in [0.3, 0.4) is 0 Å². The van der Waals surface area contributed by atoms with Crippen molar-refractivity contribution in [1.82, 2.24) is 9.62 Å². The van der Waals surface area contributed by atoms with E-state index in [0.29, 0.717) is 11.3 Å². The maximum Gasteiger partial charge on any atom is 0.415 e. The minimum Gasteiger partial charge on any atom is -0.434 e.